The Balaban J connectivity index is 2.66. The summed E-state index contributed by atoms with van der Waals surface area (Å²) in [7, 11) is 1.60. The van der Waals surface area contributed by atoms with Crippen molar-refractivity contribution in [2.24, 2.45) is 5.10 Å². The Morgan fingerprint density at radius 3 is 2.75 bits per heavy atom. The lowest BCUT2D eigenvalue weighted by molar-refractivity contribution is -0.0514. The van der Waals surface area contributed by atoms with Crippen LogP contribution in [-0.2, 0) is 4.74 Å². The van der Waals surface area contributed by atoms with Crippen LogP contribution in [0.4, 0.5) is 8.78 Å². The van der Waals surface area contributed by atoms with E-state index in [0.29, 0.717) is 23.9 Å². The Kier molecular flexibility index (Phi) is 8.95. The maximum atomic E-state index is 12.3. The van der Waals surface area contributed by atoms with Crippen LogP contribution in [0.25, 0.3) is 0 Å². The molecule has 0 aromatic heterocycles. The number of hydrogen-bond donors (Lipinski definition) is 2. The predicted molar refractivity (Wildman–Crippen MR) is 92.0 cm³/mol. The molecule has 0 aliphatic rings. The Bertz CT molecular complexity index is 559. The van der Waals surface area contributed by atoms with Crippen LogP contribution in [0.5, 0.6) is 11.5 Å². The Labute approximate surface area is 145 Å². The lowest BCUT2D eigenvalue weighted by Crippen LogP contribution is -2.40. The van der Waals surface area contributed by atoms with Gasteiger partial charge in [0.25, 0.3) is 0 Å². The number of hydrogen-bond acceptors (Lipinski definition) is 5. The van der Waals surface area contributed by atoms with Gasteiger partial charge in [0, 0.05) is 13.2 Å². The highest BCUT2D eigenvalue weighted by Gasteiger charge is 2.11. The molecular weight excluding hydrogens is 340 g/mol. The van der Waals surface area contributed by atoms with E-state index >= 15 is 0 Å². The molecule has 0 heterocycles. The minimum Gasteiger partial charge on any atom is -0.490 e. The van der Waals surface area contributed by atoms with Crippen LogP contribution in [0, 0.1) is 0 Å². The lowest BCUT2D eigenvalue weighted by Gasteiger charge is -2.14. The first-order chi connectivity index (χ1) is 11.5. The number of alkyl halides is 2. The van der Waals surface area contributed by atoms with Gasteiger partial charge in [-0.25, -0.2) is 0 Å². The average Bonchev–Trinajstić information content (AvgIpc) is 2.49. The monoisotopic (exact) mass is 361 g/mol. The van der Waals surface area contributed by atoms with Crippen molar-refractivity contribution < 1.29 is 23.0 Å². The Morgan fingerprint density at radius 1 is 1.38 bits per heavy atom. The first-order valence-electron chi connectivity index (χ1n) is 7.26. The van der Waals surface area contributed by atoms with Gasteiger partial charge in [-0.05, 0) is 49.8 Å². The smallest absolute Gasteiger partial charge is 0.387 e. The van der Waals surface area contributed by atoms with Gasteiger partial charge in [0.1, 0.15) is 0 Å². The summed E-state index contributed by atoms with van der Waals surface area (Å²) in [5, 5.41) is 7.31. The normalized spacial score (nSPS) is 12.2. The van der Waals surface area contributed by atoms with Crippen LogP contribution in [0.15, 0.2) is 23.3 Å². The molecule has 0 amide bonds. The minimum atomic E-state index is -2.91. The van der Waals surface area contributed by atoms with Gasteiger partial charge >= 0.3 is 6.61 Å². The molecule has 24 heavy (non-hydrogen) atoms. The van der Waals surface area contributed by atoms with Crippen molar-refractivity contribution >= 4 is 23.5 Å². The number of nitrogens with one attached hydrogen (secondary N) is 2. The topological polar surface area (TPSA) is 64.1 Å². The van der Waals surface area contributed by atoms with Gasteiger partial charge in [-0.2, -0.15) is 13.9 Å². The maximum absolute atomic E-state index is 12.3. The van der Waals surface area contributed by atoms with Gasteiger partial charge in [0.2, 0.25) is 0 Å². The highest BCUT2D eigenvalue weighted by molar-refractivity contribution is 7.80. The summed E-state index contributed by atoms with van der Waals surface area (Å²) in [5.74, 6) is 0.193. The van der Waals surface area contributed by atoms with Gasteiger partial charge < -0.3 is 19.5 Å². The van der Waals surface area contributed by atoms with Crippen molar-refractivity contribution in [3.05, 3.63) is 23.8 Å². The number of halogens is 2. The second-order valence-electron chi connectivity index (χ2n) is 4.72. The minimum absolute atomic E-state index is 0.0254. The van der Waals surface area contributed by atoms with Crippen LogP contribution in [0.2, 0.25) is 0 Å². The molecule has 0 aliphatic heterocycles. The summed E-state index contributed by atoms with van der Waals surface area (Å²) in [5.41, 5.74) is 3.30. The van der Waals surface area contributed by atoms with Gasteiger partial charge in [-0.15, -0.1) is 0 Å². The van der Waals surface area contributed by atoms with E-state index in [0.717, 1.165) is 0 Å². The van der Waals surface area contributed by atoms with Crippen LogP contribution >= 0.6 is 12.2 Å². The molecule has 1 aromatic rings. The quantitative estimate of drug-likeness (QED) is 0.400. The van der Waals surface area contributed by atoms with Gasteiger partial charge in [0.05, 0.1) is 19.4 Å². The zero-order valence-corrected chi connectivity index (χ0v) is 14.5. The fraction of sp³-hybridized carbons (Fsp3) is 0.467. The lowest BCUT2D eigenvalue weighted by atomic mass is 10.2. The van der Waals surface area contributed by atoms with Crippen molar-refractivity contribution in [1.82, 2.24) is 10.7 Å². The van der Waals surface area contributed by atoms with Crippen molar-refractivity contribution in [3.8, 4) is 11.5 Å². The third-order valence-corrected chi connectivity index (χ3v) is 2.87. The van der Waals surface area contributed by atoms with Crippen molar-refractivity contribution in [2.75, 3.05) is 20.3 Å². The van der Waals surface area contributed by atoms with E-state index < -0.39 is 6.61 Å². The molecule has 1 rings (SSSR count). The number of ether oxygens (including phenoxy) is 3. The fourth-order valence-corrected chi connectivity index (χ4v) is 2.03. The predicted octanol–water partition coefficient (Wildman–Crippen LogP) is 2.52. The number of benzene rings is 1. The summed E-state index contributed by atoms with van der Waals surface area (Å²) < 4.78 is 39.4. The molecule has 6 nitrogen and oxygen atoms in total. The number of hydrazone groups is 1. The summed E-state index contributed by atoms with van der Waals surface area (Å²) in [6.07, 6.45) is 1.49. The van der Waals surface area contributed by atoms with Crippen LogP contribution in [-0.4, -0.2) is 44.3 Å². The summed E-state index contributed by atoms with van der Waals surface area (Å²) >= 11 is 5.08. The van der Waals surface area contributed by atoms with E-state index in [1.165, 1.54) is 12.3 Å². The second kappa shape index (κ2) is 10.7. The number of methoxy groups -OCH3 is 1. The molecule has 0 aliphatic carbocycles. The molecule has 0 fully saturated rings. The molecule has 134 valence electrons. The highest BCUT2D eigenvalue weighted by atomic mass is 32.1. The van der Waals surface area contributed by atoms with Gasteiger partial charge in [-0.3, -0.25) is 5.43 Å². The SMILES string of the molecule is CCOc1cc(/C=N\NC(=S)N[C@@H](C)COC)ccc1OC(F)F. The van der Waals surface area contributed by atoms with E-state index in [-0.39, 0.29) is 17.5 Å². The largest absolute Gasteiger partial charge is 0.490 e. The van der Waals surface area contributed by atoms with E-state index in [2.05, 4.69) is 20.6 Å². The average molecular weight is 361 g/mol. The molecule has 1 atom stereocenters. The first kappa shape index (κ1) is 20.0. The van der Waals surface area contributed by atoms with E-state index in [1.807, 2.05) is 6.92 Å². The van der Waals surface area contributed by atoms with Crippen molar-refractivity contribution in [3.63, 3.8) is 0 Å². The molecule has 0 bridgehead atoms. The van der Waals surface area contributed by atoms with E-state index in [4.69, 9.17) is 21.7 Å². The number of thiocarbonyl (C=S) groups is 1. The molecule has 0 radical (unpaired) electrons. The summed E-state index contributed by atoms with van der Waals surface area (Å²) in [6, 6.07) is 4.57. The number of rotatable bonds is 9. The highest BCUT2D eigenvalue weighted by Crippen LogP contribution is 2.29. The second-order valence-corrected chi connectivity index (χ2v) is 5.13. The summed E-state index contributed by atoms with van der Waals surface area (Å²) in [4.78, 5) is 0. The Morgan fingerprint density at radius 2 is 2.12 bits per heavy atom. The Hall–Kier alpha value is -2.00. The molecule has 0 saturated heterocycles. The van der Waals surface area contributed by atoms with Crippen LogP contribution in [0.3, 0.4) is 0 Å². The summed E-state index contributed by atoms with van der Waals surface area (Å²) in [6.45, 7) is 1.58. The molecular formula is C15H21F2N3O3S. The molecule has 1 aromatic carbocycles. The van der Waals surface area contributed by atoms with E-state index in [1.54, 1.807) is 26.2 Å². The van der Waals surface area contributed by atoms with Crippen LogP contribution in [0.1, 0.15) is 19.4 Å². The zero-order valence-electron chi connectivity index (χ0n) is 13.7. The zero-order chi connectivity index (χ0) is 17.9. The van der Waals surface area contributed by atoms with E-state index in [9.17, 15) is 8.78 Å². The molecule has 0 spiro atoms. The third-order valence-electron chi connectivity index (χ3n) is 2.66. The van der Waals surface area contributed by atoms with Crippen LogP contribution < -0.4 is 20.2 Å². The third kappa shape index (κ3) is 7.51. The molecule has 0 unspecified atom stereocenters. The molecule has 2 N–H and O–H groups in total. The fourth-order valence-electron chi connectivity index (χ4n) is 1.78. The maximum Gasteiger partial charge on any atom is 0.387 e. The molecule has 0 saturated carbocycles. The van der Waals surface area contributed by atoms with Gasteiger partial charge in [-0.1, -0.05) is 0 Å². The number of nitrogens with zero attached hydrogens (tertiary/aromatic N) is 1. The van der Waals surface area contributed by atoms with Crippen molar-refractivity contribution in [2.45, 2.75) is 26.5 Å². The van der Waals surface area contributed by atoms with Gasteiger partial charge in [0.15, 0.2) is 16.6 Å². The first-order valence-corrected chi connectivity index (χ1v) is 7.67. The standard InChI is InChI=1S/C15H21F2N3O3S/c1-4-22-13-7-11(5-6-12(13)23-14(16)17)8-18-20-15(24)19-10(2)9-21-3/h5-8,10,14H,4,9H2,1-3H3,(H2,19,20,24)/b18-8-/t10-/m0/s1. The van der Waals surface area contributed by atoms with Crippen molar-refractivity contribution in [1.29, 1.82) is 0 Å². The molecule has 9 heteroatoms.